The molecule has 66 valence electrons. The summed E-state index contributed by atoms with van der Waals surface area (Å²) in [6.07, 6.45) is 1.31. The molecule has 0 aliphatic heterocycles. The lowest BCUT2D eigenvalue weighted by atomic mass is 9.81. The summed E-state index contributed by atoms with van der Waals surface area (Å²) >= 11 is 0. The molecule has 0 radical (unpaired) electrons. The van der Waals surface area contributed by atoms with Gasteiger partial charge in [0.2, 0.25) is 0 Å². The summed E-state index contributed by atoms with van der Waals surface area (Å²) < 4.78 is 0. The van der Waals surface area contributed by atoms with Gasteiger partial charge in [-0.25, -0.2) is 0 Å². The molecular formula is C9H13NO2. The van der Waals surface area contributed by atoms with Crippen LogP contribution in [0.2, 0.25) is 0 Å². The Hall–Kier alpha value is -0.880. The maximum atomic E-state index is 11.3. The molecule has 0 heterocycles. The van der Waals surface area contributed by atoms with Crippen LogP contribution in [0.3, 0.4) is 0 Å². The highest BCUT2D eigenvalue weighted by Gasteiger charge is 2.44. The number of rotatable bonds is 2. The molecule has 1 rings (SSSR count). The molecule has 3 heteroatoms. The molecule has 0 aromatic rings. The molecule has 0 amide bonds. The molecule has 1 aliphatic carbocycles. The van der Waals surface area contributed by atoms with Gasteiger partial charge >= 0.3 is 0 Å². The number of hydrogen-bond acceptors (Lipinski definition) is 3. The predicted molar refractivity (Wildman–Crippen MR) is 43.2 cm³/mol. The van der Waals surface area contributed by atoms with Gasteiger partial charge in [-0.15, -0.1) is 0 Å². The zero-order valence-electron chi connectivity index (χ0n) is 7.21. The van der Waals surface area contributed by atoms with Crippen LogP contribution in [0.1, 0.15) is 32.6 Å². The van der Waals surface area contributed by atoms with Crippen molar-refractivity contribution in [1.82, 2.24) is 0 Å². The first-order valence-electron chi connectivity index (χ1n) is 4.19. The zero-order valence-corrected chi connectivity index (χ0v) is 7.21. The van der Waals surface area contributed by atoms with E-state index >= 15 is 0 Å². The smallest absolute Gasteiger partial charge is 0.141 e. The highest BCUT2D eigenvalue weighted by Crippen LogP contribution is 2.38. The van der Waals surface area contributed by atoms with E-state index in [-0.39, 0.29) is 5.78 Å². The van der Waals surface area contributed by atoms with Gasteiger partial charge in [0.1, 0.15) is 5.78 Å². The van der Waals surface area contributed by atoms with E-state index in [1.165, 1.54) is 0 Å². The first kappa shape index (κ1) is 9.21. The fourth-order valence-electron chi connectivity index (χ4n) is 1.68. The molecule has 0 bridgehead atoms. The average Bonchev–Trinajstić information content (AvgIpc) is 2.30. The first-order chi connectivity index (χ1) is 5.61. The standard InChI is InChI=1S/C9H13NO2/c1-9(5-2-6-10)7(11)3-4-8(9)12/h7,11H,2-5H2,1H3. The molecule has 3 nitrogen and oxygen atoms in total. The van der Waals surface area contributed by atoms with Crippen molar-refractivity contribution in [2.24, 2.45) is 5.41 Å². The highest BCUT2D eigenvalue weighted by atomic mass is 16.3. The number of nitrogens with zero attached hydrogens (tertiary/aromatic N) is 1. The number of ketones is 1. The molecule has 1 aliphatic rings. The summed E-state index contributed by atoms with van der Waals surface area (Å²) in [6.45, 7) is 1.75. The second-order valence-corrected chi connectivity index (χ2v) is 3.55. The molecule has 1 N–H and O–H groups in total. The van der Waals surface area contributed by atoms with Crippen LogP contribution < -0.4 is 0 Å². The number of carbonyl (C=O) groups is 1. The highest BCUT2D eigenvalue weighted by molar-refractivity contribution is 5.87. The Balaban J connectivity index is 2.67. The molecule has 12 heavy (non-hydrogen) atoms. The van der Waals surface area contributed by atoms with Crippen LogP contribution in [0.25, 0.3) is 0 Å². The van der Waals surface area contributed by atoms with Crippen LogP contribution in [0.15, 0.2) is 0 Å². The minimum absolute atomic E-state index is 0.102. The van der Waals surface area contributed by atoms with Crippen LogP contribution in [0.4, 0.5) is 0 Å². The number of carbonyl (C=O) groups excluding carboxylic acids is 1. The Labute approximate surface area is 72.0 Å². The average molecular weight is 167 g/mol. The summed E-state index contributed by atoms with van der Waals surface area (Å²) in [5.74, 6) is 0.102. The van der Waals surface area contributed by atoms with Crippen LogP contribution in [0.5, 0.6) is 0 Å². The molecular weight excluding hydrogens is 154 g/mol. The Morgan fingerprint density at radius 3 is 2.92 bits per heavy atom. The number of hydrogen-bond donors (Lipinski definition) is 1. The van der Waals surface area contributed by atoms with Gasteiger partial charge < -0.3 is 5.11 Å². The minimum atomic E-state index is -0.643. The van der Waals surface area contributed by atoms with Gasteiger partial charge in [-0.2, -0.15) is 5.26 Å². The second-order valence-electron chi connectivity index (χ2n) is 3.55. The van der Waals surface area contributed by atoms with Gasteiger partial charge in [0, 0.05) is 12.8 Å². The summed E-state index contributed by atoms with van der Waals surface area (Å²) in [5.41, 5.74) is -0.643. The number of nitriles is 1. The van der Waals surface area contributed by atoms with E-state index in [0.717, 1.165) is 0 Å². The van der Waals surface area contributed by atoms with E-state index in [4.69, 9.17) is 5.26 Å². The van der Waals surface area contributed by atoms with Gasteiger partial charge in [0.15, 0.2) is 0 Å². The van der Waals surface area contributed by atoms with E-state index in [9.17, 15) is 9.90 Å². The molecule has 2 atom stereocenters. The van der Waals surface area contributed by atoms with Crippen molar-refractivity contribution in [3.63, 3.8) is 0 Å². The lowest BCUT2D eigenvalue weighted by molar-refractivity contribution is -0.128. The predicted octanol–water partition coefficient (Wildman–Crippen LogP) is 1.02. The van der Waals surface area contributed by atoms with E-state index in [0.29, 0.717) is 25.7 Å². The summed E-state index contributed by atoms with van der Waals surface area (Å²) in [6, 6.07) is 2.00. The summed E-state index contributed by atoms with van der Waals surface area (Å²) in [5, 5.41) is 17.9. The van der Waals surface area contributed by atoms with Crippen molar-refractivity contribution >= 4 is 5.78 Å². The van der Waals surface area contributed by atoms with Crippen molar-refractivity contribution in [2.75, 3.05) is 0 Å². The number of aliphatic hydroxyl groups excluding tert-OH is 1. The Kier molecular flexibility index (Phi) is 2.49. The SMILES string of the molecule is CC1(CCC#N)C(=O)CCC1O. The van der Waals surface area contributed by atoms with E-state index in [1.807, 2.05) is 6.07 Å². The third-order valence-electron chi connectivity index (χ3n) is 2.77. The van der Waals surface area contributed by atoms with Crippen LogP contribution in [-0.4, -0.2) is 17.0 Å². The first-order valence-corrected chi connectivity index (χ1v) is 4.19. The number of Topliss-reactive ketones (excluding diaryl/α,β-unsaturated/α-hetero) is 1. The Morgan fingerprint density at radius 2 is 2.50 bits per heavy atom. The van der Waals surface area contributed by atoms with Crippen LogP contribution >= 0.6 is 0 Å². The third kappa shape index (κ3) is 1.35. The monoisotopic (exact) mass is 167 g/mol. The van der Waals surface area contributed by atoms with Gasteiger partial charge in [0.25, 0.3) is 0 Å². The second kappa shape index (κ2) is 3.24. The molecule has 1 saturated carbocycles. The largest absolute Gasteiger partial charge is 0.392 e. The molecule has 1 fully saturated rings. The van der Waals surface area contributed by atoms with Crippen molar-refractivity contribution in [3.05, 3.63) is 0 Å². The molecule has 0 saturated heterocycles. The lowest BCUT2D eigenvalue weighted by Crippen LogP contribution is -2.32. The van der Waals surface area contributed by atoms with Crippen molar-refractivity contribution in [2.45, 2.75) is 38.7 Å². The van der Waals surface area contributed by atoms with E-state index in [2.05, 4.69) is 0 Å². The van der Waals surface area contributed by atoms with Gasteiger partial charge in [-0.3, -0.25) is 4.79 Å². The van der Waals surface area contributed by atoms with E-state index < -0.39 is 11.5 Å². The molecule has 0 spiro atoms. The van der Waals surface area contributed by atoms with Gasteiger partial charge in [-0.1, -0.05) is 6.92 Å². The maximum absolute atomic E-state index is 11.3. The zero-order chi connectivity index (χ0) is 9.19. The van der Waals surface area contributed by atoms with Crippen molar-refractivity contribution < 1.29 is 9.90 Å². The quantitative estimate of drug-likeness (QED) is 0.668. The normalized spacial score (nSPS) is 35.1. The van der Waals surface area contributed by atoms with Crippen LogP contribution in [-0.2, 0) is 4.79 Å². The van der Waals surface area contributed by atoms with Crippen LogP contribution in [0, 0.1) is 16.7 Å². The van der Waals surface area contributed by atoms with Gasteiger partial charge in [-0.05, 0) is 12.8 Å². The van der Waals surface area contributed by atoms with E-state index in [1.54, 1.807) is 6.92 Å². The molecule has 0 aromatic heterocycles. The Morgan fingerprint density at radius 1 is 1.83 bits per heavy atom. The maximum Gasteiger partial charge on any atom is 0.141 e. The lowest BCUT2D eigenvalue weighted by Gasteiger charge is -2.24. The minimum Gasteiger partial charge on any atom is -0.392 e. The van der Waals surface area contributed by atoms with Gasteiger partial charge in [0.05, 0.1) is 17.6 Å². The fraction of sp³-hybridized carbons (Fsp3) is 0.778. The molecule has 0 aromatic carbocycles. The summed E-state index contributed by atoms with van der Waals surface area (Å²) in [4.78, 5) is 11.3. The number of aliphatic hydroxyl groups is 1. The summed E-state index contributed by atoms with van der Waals surface area (Å²) in [7, 11) is 0. The fourth-order valence-corrected chi connectivity index (χ4v) is 1.68. The molecule has 2 unspecified atom stereocenters. The third-order valence-corrected chi connectivity index (χ3v) is 2.77. The van der Waals surface area contributed by atoms with Crippen molar-refractivity contribution in [3.8, 4) is 6.07 Å². The Bertz CT molecular complexity index is 231. The topological polar surface area (TPSA) is 61.1 Å². The van der Waals surface area contributed by atoms with Crippen molar-refractivity contribution in [1.29, 1.82) is 5.26 Å².